The fourth-order valence-electron chi connectivity index (χ4n) is 2.83. The van der Waals surface area contributed by atoms with Gasteiger partial charge in [-0.25, -0.2) is 0 Å². The lowest BCUT2D eigenvalue weighted by Gasteiger charge is -2.23. The van der Waals surface area contributed by atoms with E-state index in [2.05, 4.69) is 57.0 Å². The van der Waals surface area contributed by atoms with Crippen LogP contribution in [0.15, 0.2) is 22.7 Å². The molecule has 0 heterocycles. The van der Waals surface area contributed by atoms with Crippen LogP contribution in [0.2, 0.25) is 0 Å². The van der Waals surface area contributed by atoms with Crippen molar-refractivity contribution >= 4 is 31.9 Å². The highest BCUT2D eigenvalue weighted by molar-refractivity contribution is 9.11. The molecule has 3 atom stereocenters. The summed E-state index contributed by atoms with van der Waals surface area (Å²) in [5.74, 6) is 2.50. The second-order valence-corrected chi connectivity index (χ2v) is 6.93. The van der Waals surface area contributed by atoms with Crippen LogP contribution in [0.4, 0.5) is 0 Å². The molecule has 3 unspecified atom stereocenters. The summed E-state index contributed by atoms with van der Waals surface area (Å²) in [6.07, 6.45) is 4.06. The summed E-state index contributed by atoms with van der Waals surface area (Å²) in [7, 11) is 0. The molecule has 1 fully saturated rings. The molecule has 1 saturated carbocycles. The van der Waals surface area contributed by atoms with Crippen molar-refractivity contribution in [3.8, 4) is 5.75 Å². The first kappa shape index (κ1) is 14.4. The average molecular weight is 376 g/mol. The van der Waals surface area contributed by atoms with E-state index in [4.69, 9.17) is 4.74 Å². The molecule has 2 rings (SSSR count). The first-order valence-corrected chi connectivity index (χ1v) is 8.40. The molecule has 0 radical (unpaired) electrons. The Labute approximate surface area is 127 Å². The smallest absolute Gasteiger partial charge is 0.120 e. The van der Waals surface area contributed by atoms with Gasteiger partial charge in [-0.05, 0) is 42.9 Å². The van der Waals surface area contributed by atoms with E-state index < -0.39 is 0 Å². The third kappa shape index (κ3) is 3.11. The zero-order valence-electron chi connectivity index (χ0n) is 11.0. The molecule has 0 amide bonds. The predicted octanol–water partition coefficient (Wildman–Crippen LogP) is 5.72. The maximum absolute atomic E-state index is 5.52. The zero-order chi connectivity index (χ0) is 13.1. The highest BCUT2D eigenvalue weighted by Gasteiger charge is 2.31. The fourth-order valence-corrected chi connectivity index (χ4v) is 4.92. The van der Waals surface area contributed by atoms with Gasteiger partial charge >= 0.3 is 0 Å². The lowest BCUT2D eigenvalue weighted by molar-refractivity contribution is 0.339. The van der Waals surface area contributed by atoms with Crippen LogP contribution in [0, 0.1) is 11.8 Å². The van der Waals surface area contributed by atoms with E-state index in [0.29, 0.717) is 11.4 Å². The zero-order valence-corrected chi connectivity index (χ0v) is 14.1. The Morgan fingerprint density at radius 1 is 1.39 bits per heavy atom. The first-order chi connectivity index (χ1) is 8.63. The lowest BCUT2D eigenvalue weighted by Crippen LogP contribution is -2.11. The van der Waals surface area contributed by atoms with Crippen LogP contribution in [0.3, 0.4) is 0 Å². The van der Waals surface area contributed by atoms with Crippen LogP contribution in [-0.2, 0) is 0 Å². The number of halogens is 2. The Balaban J connectivity index is 2.17. The number of alkyl halides is 1. The molecule has 1 aliphatic rings. The van der Waals surface area contributed by atoms with Crippen LogP contribution in [0.5, 0.6) is 5.75 Å². The Morgan fingerprint density at radius 3 is 2.72 bits per heavy atom. The minimum Gasteiger partial charge on any atom is -0.494 e. The Morgan fingerprint density at radius 2 is 2.17 bits per heavy atom. The van der Waals surface area contributed by atoms with Gasteiger partial charge in [-0.3, -0.25) is 0 Å². The SMILES string of the molecule is CCOc1ccc(C(Br)C2CCCC2C)c(Br)c1. The highest BCUT2D eigenvalue weighted by Crippen LogP contribution is 2.46. The minimum absolute atomic E-state index is 0.444. The van der Waals surface area contributed by atoms with Crippen molar-refractivity contribution in [1.82, 2.24) is 0 Å². The van der Waals surface area contributed by atoms with Gasteiger partial charge in [-0.1, -0.05) is 57.7 Å². The maximum atomic E-state index is 5.52. The van der Waals surface area contributed by atoms with Crippen LogP contribution >= 0.6 is 31.9 Å². The van der Waals surface area contributed by atoms with Crippen molar-refractivity contribution in [2.45, 2.75) is 37.9 Å². The molecule has 0 saturated heterocycles. The topological polar surface area (TPSA) is 9.23 Å². The normalized spacial score (nSPS) is 25.1. The largest absolute Gasteiger partial charge is 0.494 e. The summed E-state index contributed by atoms with van der Waals surface area (Å²) < 4.78 is 6.67. The van der Waals surface area contributed by atoms with E-state index >= 15 is 0 Å². The summed E-state index contributed by atoms with van der Waals surface area (Å²) in [6, 6.07) is 6.32. The van der Waals surface area contributed by atoms with Gasteiger partial charge in [0.15, 0.2) is 0 Å². The Hall–Kier alpha value is -0.0200. The summed E-state index contributed by atoms with van der Waals surface area (Å²) in [5, 5.41) is 0. The van der Waals surface area contributed by atoms with Gasteiger partial charge in [0, 0.05) is 9.30 Å². The summed E-state index contributed by atoms with van der Waals surface area (Å²) >= 11 is 7.57. The molecule has 100 valence electrons. The molecular formula is C15H20Br2O. The molecule has 0 aromatic heterocycles. The Kier molecular flexibility index (Phi) is 5.14. The lowest BCUT2D eigenvalue weighted by atomic mass is 9.91. The van der Waals surface area contributed by atoms with Crippen molar-refractivity contribution < 1.29 is 4.74 Å². The van der Waals surface area contributed by atoms with E-state index in [1.54, 1.807) is 0 Å². The van der Waals surface area contributed by atoms with Crippen LogP contribution in [-0.4, -0.2) is 6.61 Å². The van der Waals surface area contributed by atoms with Crippen LogP contribution < -0.4 is 4.74 Å². The third-order valence-electron chi connectivity index (χ3n) is 3.88. The average Bonchev–Trinajstić information content (AvgIpc) is 2.75. The molecule has 1 aromatic rings. The van der Waals surface area contributed by atoms with Gasteiger partial charge < -0.3 is 4.74 Å². The van der Waals surface area contributed by atoms with Gasteiger partial charge in [0.05, 0.1) is 6.61 Å². The molecule has 0 spiro atoms. The second kappa shape index (κ2) is 6.42. The summed E-state index contributed by atoms with van der Waals surface area (Å²) in [5.41, 5.74) is 1.34. The molecule has 1 nitrogen and oxygen atoms in total. The summed E-state index contributed by atoms with van der Waals surface area (Å²) in [4.78, 5) is 0.444. The van der Waals surface area contributed by atoms with E-state index in [0.717, 1.165) is 22.1 Å². The molecule has 0 bridgehead atoms. The van der Waals surface area contributed by atoms with E-state index in [-0.39, 0.29) is 0 Å². The van der Waals surface area contributed by atoms with Crippen molar-refractivity contribution in [2.75, 3.05) is 6.61 Å². The molecule has 0 N–H and O–H groups in total. The minimum atomic E-state index is 0.444. The second-order valence-electron chi connectivity index (χ2n) is 5.09. The first-order valence-electron chi connectivity index (χ1n) is 6.69. The Bertz CT molecular complexity index is 405. The number of benzene rings is 1. The molecule has 1 aromatic carbocycles. The highest BCUT2D eigenvalue weighted by atomic mass is 79.9. The number of ether oxygens (including phenoxy) is 1. The van der Waals surface area contributed by atoms with Crippen molar-refractivity contribution in [3.63, 3.8) is 0 Å². The molecule has 3 heteroatoms. The van der Waals surface area contributed by atoms with Gasteiger partial charge in [-0.15, -0.1) is 0 Å². The van der Waals surface area contributed by atoms with E-state index in [9.17, 15) is 0 Å². The predicted molar refractivity (Wildman–Crippen MR) is 83.5 cm³/mol. The molecule has 0 aliphatic heterocycles. The monoisotopic (exact) mass is 374 g/mol. The van der Waals surface area contributed by atoms with Crippen molar-refractivity contribution in [1.29, 1.82) is 0 Å². The maximum Gasteiger partial charge on any atom is 0.120 e. The van der Waals surface area contributed by atoms with Crippen LogP contribution in [0.1, 0.15) is 43.5 Å². The quantitative estimate of drug-likeness (QED) is 0.611. The van der Waals surface area contributed by atoms with Gasteiger partial charge in [0.25, 0.3) is 0 Å². The van der Waals surface area contributed by atoms with E-state index in [1.807, 2.05) is 6.92 Å². The van der Waals surface area contributed by atoms with Gasteiger partial charge in [0.2, 0.25) is 0 Å². The van der Waals surface area contributed by atoms with Crippen molar-refractivity contribution in [3.05, 3.63) is 28.2 Å². The molecule has 18 heavy (non-hydrogen) atoms. The van der Waals surface area contributed by atoms with Gasteiger partial charge in [-0.2, -0.15) is 0 Å². The number of hydrogen-bond acceptors (Lipinski definition) is 1. The molecule has 1 aliphatic carbocycles. The molecular weight excluding hydrogens is 356 g/mol. The number of rotatable bonds is 4. The fraction of sp³-hybridized carbons (Fsp3) is 0.600. The van der Waals surface area contributed by atoms with E-state index in [1.165, 1.54) is 24.8 Å². The summed E-state index contributed by atoms with van der Waals surface area (Å²) in [6.45, 7) is 5.09. The van der Waals surface area contributed by atoms with Gasteiger partial charge in [0.1, 0.15) is 5.75 Å². The third-order valence-corrected chi connectivity index (χ3v) is 5.74. The standard InChI is InChI=1S/C15H20Br2O/c1-3-18-11-7-8-13(14(16)9-11)15(17)12-6-4-5-10(12)2/h7-10,12,15H,3-6H2,1-2H3. The number of hydrogen-bond donors (Lipinski definition) is 0. The van der Waals surface area contributed by atoms with Crippen LogP contribution in [0.25, 0.3) is 0 Å². The van der Waals surface area contributed by atoms with Crippen molar-refractivity contribution in [2.24, 2.45) is 11.8 Å².